The molecule has 0 saturated carbocycles. The number of benzene rings is 3. The van der Waals surface area contributed by atoms with Gasteiger partial charge in [0.05, 0.1) is 35.2 Å². The maximum atomic E-state index is 13.4. The summed E-state index contributed by atoms with van der Waals surface area (Å²) in [5.41, 5.74) is 6.52. The quantitative estimate of drug-likeness (QED) is 0.0888. The minimum absolute atomic E-state index is 0.177. The van der Waals surface area contributed by atoms with Crippen LogP contribution in [-0.2, 0) is 32.6 Å². The van der Waals surface area contributed by atoms with Crippen LogP contribution in [0, 0.1) is 0 Å². The average molecular weight is 683 g/mol. The summed E-state index contributed by atoms with van der Waals surface area (Å²) in [4.78, 5) is 20.8. The lowest BCUT2D eigenvalue weighted by Gasteiger charge is -2.26. The van der Waals surface area contributed by atoms with Gasteiger partial charge in [0.25, 0.3) is 5.91 Å². The molecule has 2 heterocycles. The van der Waals surface area contributed by atoms with Gasteiger partial charge < -0.3 is 24.3 Å². The highest BCUT2D eigenvalue weighted by atomic mass is 32.2. The first-order valence-electron chi connectivity index (χ1n) is 17.5. The predicted octanol–water partition coefficient (Wildman–Crippen LogP) is 8.49. The van der Waals surface area contributed by atoms with Gasteiger partial charge in [-0.1, -0.05) is 38.5 Å². The largest absolute Gasteiger partial charge is 0.491 e. The highest BCUT2D eigenvalue weighted by Crippen LogP contribution is 2.34. The van der Waals surface area contributed by atoms with Crippen molar-refractivity contribution in [1.29, 1.82) is 0 Å². The molecule has 1 N–H and O–H groups in total. The Morgan fingerprint density at radius 3 is 2.49 bits per heavy atom. The first-order valence-corrected chi connectivity index (χ1v) is 18.9. The van der Waals surface area contributed by atoms with Gasteiger partial charge in [-0.15, -0.1) is 0 Å². The zero-order valence-corrected chi connectivity index (χ0v) is 30.1. The van der Waals surface area contributed by atoms with Crippen molar-refractivity contribution in [2.45, 2.75) is 83.0 Å². The Morgan fingerprint density at radius 2 is 1.78 bits per heavy atom. The van der Waals surface area contributed by atoms with E-state index in [9.17, 15) is 9.00 Å². The summed E-state index contributed by atoms with van der Waals surface area (Å²) in [5.74, 6) is 1.04. The Labute approximate surface area is 294 Å². The van der Waals surface area contributed by atoms with Crippen LogP contribution < -0.4 is 15.0 Å². The minimum atomic E-state index is -1.21. The number of carbonyl (C=O) groups is 1. The third-order valence-electron chi connectivity index (χ3n) is 8.86. The molecule has 8 nitrogen and oxygen atoms in total. The summed E-state index contributed by atoms with van der Waals surface area (Å²) < 4.78 is 26.6. The molecule has 0 bridgehead atoms. The lowest BCUT2D eigenvalue weighted by Crippen LogP contribution is -2.27. The fourth-order valence-corrected chi connectivity index (χ4v) is 7.17. The van der Waals surface area contributed by atoms with E-state index in [0.717, 1.165) is 85.6 Å². The van der Waals surface area contributed by atoms with Gasteiger partial charge in [0.1, 0.15) is 12.4 Å². The van der Waals surface area contributed by atoms with Gasteiger partial charge in [-0.3, -0.25) is 9.00 Å². The van der Waals surface area contributed by atoms with Gasteiger partial charge in [-0.25, -0.2) is 4.98 Å². The van der Waals surface area contributed by atoms with Crippen LogP contribution in [0.3, 0.4) is 0 Å². The normalized spacial score (nSPS) is 15.4. The molecule has 1 saturated heterocycles. The smallest absolute Gasteiger partial charge is 0.251 e. The topological polar surface area (TPSA) is 85.7 Å². The Kier molecular flexibility index (Phi) is 13.2. The second kappa shape index (κ2) is 18.0. The van der Waals surface area contributed by atoms with Crippen LogP contribution >= 0.6 is 0 Å². The number of rotatable bonds is 17. The fourth-order valence-electron chi connectivity index (χ4n) is 6.06. The van der Waals surface area contributed by atoms with Crippen molar-refractivity contribution in [1.82, 2.24) is 9.55 Å². The zero-order chi connectivity index (χ0) is 34.6. The van der Waals surface area contributed by atoms with Crippen LogP contribution in [-0.4, -0.2) is 52.1 Å². The van der Waals surface area contributed by atoms with Gasteiger partial charge in [-0.05, 0) is 111 Å². The van der Waals surface area contributed by atoms with Gasteiger partial charge >= 0.3 is 0 Å². The molecule has 49 heavy (non-hydrogen) atoms. The van der Waals surface area contributed by atoms with Crippen LogP contribution in [0.5, 0.6) is 5.75 Å². The fraction of sp³-hybridized carbons (Fsp3) is 0.400. The molecule has 1 fully saturated rings. The number of nitrogens with one attached hydrogen (secondary N) is 1. The van der Waals surface area contributed by atoms with Gasteiger partial charge in [-0.2, -0.15) is 0 Å². The zero-order valence-electron chi connectivity index (χ0n) is 29.3. The van der Waals surface area contributed by atoms with E-state index in [-0.39, 0.29) is 5.91 Å². The Hall–Kier alpha value is -4.21. The van der Waals surface area contributed by atoms with Gasteiger partial charge in [0.2, 0.25) is 0 Å². The highest BCUT2D eigenvalue weighted by molar-refractivity contribution is 7.84. The molecule has 1 aliphatic heterocycles. The van der Waals surface area contributed by atoms with Gasteiger partial charge in [0, 0.05) is 53.8 Å². The molecule has 5 rings (SSSR count). The van der Waals surface area contributed by atoms with E-state index in [1.54, 1.807) is 12.5 Å². The summed E-state index contributed by atoms with van der Waals surface area (Å²) in [6.07, 6.45) is 11.0. The third-order valence-corrected chi connectivity index (χ3v) is 10.2. The van der Waals surface area contributed by atoms with Crippen molar-refractivity contribution in [3.05, 3.63) is 96.1 Å². The van der Waals surface area contributed by atoms with E-state index in [2.05, 4.69) is 66.3 Å². The minimum Gasteiger partial charge on any atom is -0.491 e. The molecule has 260 valence electrons. The number of ether oxygens (including phenoxy) is 2. The van der Waals surface area contributed by atoms with Crippen LogP contribution in [0.15, 0.2) is 89.7 Å². The van der Waals surface area contributed by atoms with Crippen molar-refractivity contribution >= 4 is 34.2 Å². The molecule has 2 atom stereocenters. The second-order valence-electron chi connectivity index (χ2n) is 12.7. The number of unbranched alkanes of at least 4 members (excludes halogenated alkanes) is 1. The third kappa shape index (κ3) is 9.92. The molecular weight excluding hydrogens is 633 g/mol. The highest BCUT2D eigenvalue weighted by Gasteiger charge is 2.23. The van der Waals surface area contributed by atoms with Crippen molar-refractivity contribution in [2.24, 2.45) is 0 Å². The van der Waals surface area contributed by atoms with Crippen LogP contribution in [0.2, 0.25) is 0 Å². The molecule has 1 aromatic heterocycles. The van der Waals surface area contributed by atoms with E-state index in [0.29, 0.717) is 41.2 Å². The summed E-state index contributed by atoms with van der Waals surface area (Å²) in [7, 11) is -1.21. The maximum absolute atomic E-state index is 13.4. The van der Waals surface area contributed by atoms with E-state index < -0.39 is 10.8 Å². The van der Waals surface area contributed by atoms with Gasteiger partial charge in [0.15, 0.2) is 0 Å². The Balaban J connectivity index is 1.27. The average Bonchev–Trinajstić information content (AvgIpc) is 3.75. The molecule has 1 aliphatic rings. The van der Waals surface area contributed by atoms with Crippen LogP contribution in [0.25, 0.3) is 17.2 Å². The molecule has 1 amide bonds. The first-order chi connectivity index (χ1) is 23.9. The summed E-state index contributed by atoms with van der Waals surface area (Å²) in [6, 6.07) is 22.3. The predicted molar refractivity (Wildman–Crippen MR) is 200 cm³/mol. The first kappa shape index (κ1) is 36.1. The lowest BCUT2D eigenvalue weighted by molar-refractivity contribution is -0.112. The summed E-state index contributed by atoms with van der Waals surface area (Å²) >= 11 is 0. The number of hydrogen-bond donors (Lipinski definition) is 1. The SMILES string of the molecule is CCCCOCCOc1ccc(-c2ccc(N3CCCC3C)c(C=C(C)C(=O)Nc3ccc([S@@](=O)Cc4cncn4CCC)cc3)c2)cc1. The monoisotopic (exact) mass is 682 g/mol. The number of aromatic nitrogens is 2. The number of anilines is 2. The summed E-state index contributed by atoms with van der Waals surface area (Å²) in [6.45, 7) is 12.1. The van der Waals surface area contributed by atoms with Crippen molar-refractivity contribution in [3.63, 3.8) is 0 Å². The molecule has 4 aromatic rings. The van der Waals surface area contributed by atoms with Crippen molar-refractivity contribution in [2.75, 3.05) is 36.6 Å². The van der Waals surface area contributed by atoms with E-state index in [4.69, 9.17) is 9.47 Å². The molecule has 9 heteroatoms. The van der Waals surface area contributed by atoms with E-state index in [1.165, 1.54) is 0 Å². The van der Waals surface area contributed by atoms with Crippen molar-refractivity contribution < 1.29 is 18.5 Å². The van der Waals surface area contributed by atoms with E-state index in [1.807, 2.05) is 54.0 Å². The molecule has 0 radical (unpaired) electrons. The number of aryl methyl sites for hydroxylation is 1. The second-order valence-corrected chi connectivity index (χ2v) is 14.1. The Bertz CT molecular complexity index is 1720. The molecule has 1 unspecified atom stereocenters. The number of carbonyl (C=O) groups excluding carboxylic acids is 1. The molecule has 0 aliphatic carbocycles. The number of nitrogens with zero attached hydrogens (tertiary/aromatic N) is 3. The molecule has 0 spiro atoms. The Morgan fingerprint density at radius 1 is 1.00 bits per heavy atom. The lowest BCUT2D eigenvalue weighted by atomic mass is 9.99. The summed E-state index contributed by atoms with van der Waals surface area (Å²) in [5, 5.41) is 3.02. The standard InChI is InChI=1S/C40H50N4O4S/c1-5-7-22-47-23-24-48-37-15-10-32(11-16-37)33-12-19-39(44-21-8-9-31(44)4)34(26-33)25-30(3)40(45)42-35-13-17-38(18-14-35)49(46)28-36-27-41-29-43(36)20-6-2/h10-19,25-27,29,31H,5-9,20-24,28H2,1-4H3,(H,42,45)/t31?,49-/m0/s1. The molecular formula is C40H50N4O4S. The van der Waals surface area contributed by atoms with E-state index >= 15 is 0 Å². The molecule has 3 aromatic carbocycles. The maximum Gasteiger partial charge on any atom is 0.251 e. The van der Waals surface area contributed by atoms with Crippen LogP contribution in [0.1, 0.15) is 71.1 Å². The number of amides is 1. The van der Waals surface area contributed by atoms with Crippen molar-refractivity contribution in [3.8, 4) is 16.9 Å². The van der Waals surface area contributed by atoms with Crippen LogP contribution in [0.4, 0.5) is 11.4 Å². The number of hydrogen-bond acceptors (Lipinski definition) is 6. The number of imidazole rings is 1.